The normalized spacial score (nSPS) is 18.3. The summed E-state index contributed by atoms with van der Waals surface area (Å²) in [5, 5.41) is 0. The van der Waals surface area contributed by atoms with E-state index in [1.807, 2.05) is 17.0 Å². The summed E-state index contributed by atoms with van der Waals surface area (Å²) in [5.74, 6) is 1.14. The molecule has 1 aromatic heterocycles. The molecule has 1 fully saturated rings. The van der Waals surface area contributed by atoms with E-state index >= 15 is 0 Å². The van der Waals surface area contributed by atoms with Gasteiger partial charge < -0.3 is 9.32 Å². The first kappa shape index (κ1) is 9.31. The summed E-state index contributed by atoms with van der Waals surface area (Å²) in [6.07, 6.45) is 5.67. The van der Waals surface area contributed by atoms with Gasteiger partial charge in [-0.3, -0.25) is 4.79 Å². The van der Waals surface area contributed by atoms with Crippen molar-refractivity contribution in [1.82, 2.24) is 4.90 Å². The maximum absolute atomic E-state index is 11.6. The van der Waals surface area contributed by atoms with Gasteiger partial charge >= 0.3 is 0 Å². The van der Waals surface area contributed by atoms with Crippen LogP contribution in [0.25, 0.3) is 0 Å². The second-order valence-electron chi connectivity index (χ2n) is 3.71. The summed E-state index contributed by atoms with van der Waals surface area (Å²) in [4.78, 5) is 13.5. The summed E-state index contributed by atoms with van der Waals surface area (Å²) in [6, 6.07) is 3.77. The van der Waals surface area contributed by atoms with Gasteiger partial charge in [0.15, 0.2) is 0 Å². The summed E-state index contributed by atoms with van der Waals surface area (Å²) >= 11 is 0. The topological polar surface area (TPSA) is 33.5 Å². The Labute approximate surface area is 83.7 Å². The molecule has 0 aromatic carbocycles. The molecule has 0 spiro atoms. The molecule has 2 heterocycles. The second-order valence-corrected chi connectivity index (χ2v) is 3.71. The Balaban J connectivity index is 1.98. The maximum Gasteiger partial charge on any atom is 0.222 e. The second kappa shape index (κ2) is 4.31. The quantitative estimate of drug-likeness (QED) is 0.721. The molecule has 0 N–H and O–H groups in total. The number of furan rings is 1. The van der Waals surface area contributed by atoms with E-state index in [0.717, 1.165) is 25.1 Å². The highest BCUT2D eigenvalue weighted by molar-refractivity contribution is 5.76. The zero-order valence-corrected chi connectivity index (χ0v) is 8.24. The fourth-order valence-corrected chi connectivity index (χ4v) is 1.80. The summed E-state index contributed by atoms with van der Waals surface area (Å²) in [5.41, 5.74) is 0. The van der Waals surface area contributed by atoms with Crippen LogP contribution in [0.3, 0.4) is 0 Å². The summed E-state index contributed by atoms with van der Waals surface area (Å²) in [7, 11) is 0. The molecule has 1 amide bonds. The van der Waals surface area contributed by atoms with Crippen molar-refractivity contribution in [2.45, 2.75) is 32.2 Å². The molecule has 0 bridgehead atoms. The SMILES string of the molecule is O=C1CCCCCN1Cc1ccco1. The van der Waals surface area contributed by atoms with E-state index in [0.29, 0.717) is 13.0 Å². The lowest BCUT2D eigenvalue weighted by Crippen LogP contribution is -2.29. The van der Waals surface area contributed by atoms with Gasteiger partial charge in [0.1, 0.15) is 5.76 Å². The minimum absolute atomic E-state index is 0.263. The molecule has 3 nitrogen and oxygen atoms in total. The molecular formula is C11H15NO2. The Morgan fingerprint density at radius 3 is 3.07 bits per heavy atom. The van der Waals surface area contributed by atoms with Crippen molar-refractivity contribution in [2.24, 2.45) is 0 Å². The minimum Gasteiger partial charge on any atom is -0.467 e. The third-order valence-electron chi connectivity index (χ3n) is 2.60. The number of rotatable bonds is 2. The molecule has 0 unspecified atom stereocenters. The molecule has 0 saturated carbocycles. The third-order valence-corrected chi connectivity index (χ3v) is 2.60. The lowest BCUT2D eigenvalue weighted by molar-refractivity contribution is -0.131. The molecule has 0 aliphatic carbocycles. The minimum atomic E-state index is 0.263. The zero-order chi connectivity index (χ0) is 9.80. The molecule has 1 saturated heterocycles. The molecule has 1 aliphatic rings. The lowest BCUT2D eigenvalue weighted by atomic mass is 10.2. The Morgan fingerprint density at radius 2 is 2.29 bits per heavy atom. The fourth-order valence-electron chi connectivity index (χ4n) is 1.80. The van der Waals surface area contributed by atoms with Crippen molar-refractivity contribution in [1.29, 1.82) is 0 Å². The smallest absolute Gasteiger partial charge is 0.222 e. The first-order chi connectivity index (χ1) is 6.86. The Morgan fingerprint density at radius 1 is 1.36 bits per heavy atom. The number of likely N-dealkylation sites (tertiary alicyclic amines) is 1. The number of hydrogen-bond donors (Lipinski definition) is 0. The van der Waals surface area contributed by atoms with Gasteiger partial charge in [0.2, 0.25) is 5.91 Å². The molecule has 1 aliphatic heterocycles. The number of nitrogens with zero attached hydrogens (tertiary/aromatic N) is 1. The average molecular weight is 193 g/mol. The van der Waals surface area contributed by atoms with E-state index in [9.17, 15) is 4.79 Å². The largest absolute Gasteiger partial charge is 0.467 e. The number of carbonyl (C=O) groups excluding carboxylic acids is 1. The van der Waals surface area contributed by atoms with Crippen LogP contribution in [-0.2, 0) is 11.3 Å². The van der Waals surface area contributed by atoms with Crippen molar-refractivity contribution < 1.29 is 9.21 Å². The van der Waals surface area contributed by atoms with E-state index in [4.69, 9.17) is 4.42 Å². The Bertz CT molecular complexity index is 292. The fraction of sp³-hybridized carbons (Fsp3) is 0.545. The molecule has 0 atom stereocenters. The van der Waals surface area contributed by atoms with Crippen LogP contribution in [0, 0.1) is 0 Å². The maximum atomic E-state index is 11.6. The van der Waals surface area contributed by atoms with Crippen molar-refractivity contribution in [3.8, 4) is 0 Å². The molecule has 76 valence electrons. The van der Waals surface area contributed by atoms with Gasteiger partial charge in [0, 0.05) is 13.0 Å². The number of amides is 1. The predicted molar refractivity (Wildman–Crippen MR) is 52.6 cm³/mol. The van der Waals surface area contributed by atoms with Crippen LogP contribution in [0.5, 0.6) is 0 Å². The third kappa shape index (κ3) is 2.16. The standard InChI is InChI=1S/C11H15NO2/c13-11-6-2-1-3-7-12(11)9-10-5-4-8-14-10/h4-5,8H,1-3,6-7,9H2. The zero-order valence-electron chi connectivity index (χ0n) is 8.24. The highest BCUT2D eigenvalue weighted by Crippen LogP contribution is 2.14. The lowest BCUT2D eigenvalue weighted by Gasteiger charge is -2.18. The number of hydrogen-bond acceptors (Lipinski definition) is 2. The van der Waals surface area contributed by atoms with Crippen molar-refractivity contribution in [2.75, 3.05) is 6.54 Å². The monoisotopic (exact) mass is 193 g/mol. The molecule has 2 rings (SSSR count). The van der Waals surface area contributed by atoms with Gasteiger partial charge in [-0.1, -0.05) is 6.42 Å². The highest BCUT2D eigenvalue weighted by Gasteiger charge is 2.17. The Hall–Kier alpha value is -1.25. The summed E-state index contributed by atoms with van der Waals surface area (Å²) in [6.45, 7) is 1.51. The van der Waals surface area contributed by atoms with E-state index in [2.05, 4.69) is 0 Å². The van der Waals surface area contributed by atoms with E-state index < -0.39 is 0 Å². The van der Waals surface area contributed by atoms with Gasteiger partial charge in [-0.05, 0) is 25.0 Å². The van der Waals surface area contributed by atoms with Gasteiger partial charge in [0.25, 0.3) is 0 Å². The van der Waals surface area contributed by atoms with Crippen LogP contribution in [0.15, 0.2) is 22.8 Å². The van der Waals surface area contributed by atoms with Crippen LogP contribution in [0.2, 0.25) is 0 Å². The molecule has 3 heteroatoms. The predicted octanol–water partition coefficient (Wildman–Crippen LogP) is 2.18. The molecule has 1 aromatic rings. The van der Waals surface area contributed by atoms with Crippen LogP contribution in [0.4, 0.5) is 0 Å². The highest BCUT2D eigenvalue weighted by atomic mass is 16.3. The van der Waals surface area contributed by atoms with E-state index in [-0.39, 0.29) is 5.91 Å². The average Bonchev–Trinajstić information content (AvgIpc) is 2.60. The van der Waals surface area contributed by atoms with Crippen LogP contribution in [-0.4, -0.2) is 17.4 Å². The van der Waals surface area contributed by atoms with Crippen LogP contribution >= 0.6 is 0 Å². The van der Waals surface area contributed by atoms with Gasteiger partial charge in [0.05, 0.1) is 12.8 Å². The van der Waals surface area contributed by atoms with E-state index in [1.54, 1.807) is 6.26 Å². The molecule has 0 radical (unpaired) electrons. The van der Waals surface area contributed by atoms with Crippen LogP contribution < -0.4 is 0 Å². The van der Waals surface area contributed by atoms with E-state index in [1.165, 1.54) is 6.42 Å². The van der Waals surface area contributed by atoms with Gasteiger partial charge in [-0.2, -0.15) is 0 Å². The van der Waals surface area contributed by atoms with Crippen molar-refractivity contribution in [3.05, 3.63) is 24.2 Å². The van der Waals surface area contributed by atoms with Gasteiger partial charge in [-0.15, -0.1) is 0 Å². The Kier molecular flexibility index (Phi) is 2.87. The van der Waals surface area contributed by atoms with Crippen molar-refractivity contribution in [3.63, 3.8) is 0 Å². The molecular weight excluding hydrogens is 178 g/mol. The molecule has 14 heavy (non-hydrogen) atoms. The number of carbonyl (C=O) groups is 1. The first-order valence-electron chi connectivity index (χ1n) is 5.16. The van der Waals surface area contributed by atoms with Crippen LogP contribution in [0.1, 0.15) is 31.4 Å². The first-order valence-corrected chi connectivity index (χ1v) is 5.16. The van der Waals surface area contributed by atoms with Gasteiger partial charge in [-0.25, -0.2) is 0 Å². The van der Waals surface area contributed by atoms with Crippen molar-refractivity contribution >= 4 is 5.91 Å². The summed E-state index contributed by atoms with van der Waals surface area (Å²) < 4.78 is 5.23.